The number of phenols is 1. The first kappa shape index (κ1) is 16.6. The molecule has 0 atom stereocenters. The predicted octanol–water partition coefficient (Wildman–Crippen LogP) is 3.78. The van der Waals surface area contributed by atoms with Gasteiger partial charge < -0.3 is 10.0 Å². The molecule has 0 aliphatic carbocycles. The number of para-hydroxylation sites is 1. The van der Waals surface area contributed by atoms with Crippen LogP contribution in [0.15, 0.2) is 73.1 Å². The van der Waals surface area contributed by atoms with Crippen LogP contribution in [0.3, 0.4) is 0 Å². The molecule has 1 aliphatic heterocycles. The average molecular weight is 345 g/mol. The number of phenolic OH excluding ortho intramolecular Hbond substituents is 1. The number of hydrogen-bond donors (Lipinski definition) is 1. The van der Waals surface area contributed by atoms with Gasteiger partial charge in [-0.25, -0.2) is 0 Å². The van der Waals surface area contributed by atoms with E-state index in [0.717, 1.165) is 49.4 Å². The molecule has 26 heavy (non-hydrogen) atoms. The van der Waals surface area contributed by atoms with Gasteiger partial charge in [0.25, 0.3) is 0 Å². The quantitative estimate of drug-likeness (QED) is 0.781. The van der Waals surface area contributed by atoms with Gasteiger partial charge in [0, 0.05) is 61.9 Å². The van der Waals surface area contributed by atoms with E-state index in [0.29, 0.717) is 5.75 Å². The molecule has 4 nitrogen and oxygen atoms in total. The number of rotatable bonds is 4. The van der Waals surface area contributed by atoms with E-state index in [-0.39, 0.29) is 0 Å². The van der Waals surface area contributed by atoms with E-state index < -0.39 is 0 Å². The van der Waals surface area contributed by atoms with Gasteiger partial charge in [-0.15, -0.1) is 0 Å². The predicted molar refractivity (Wildman–Crippen MR) is 105 cm³/mol. The average Bonchev–Trinajstić information content (AvgIpc) is 2.71. The zero-order valence-electron chi connectivity index (χ0n) is 14.8. The molecule has 0 radical (unpaired) electrons. The van der Waals surface area contributed by atoms with Gasteiger partial charge in [-0.3, -0.25) is 9.88 Å². The Kier molecular flexibility index (Phi) is 4.84. The molecule has 132 valence electrons. The molecule has 1 N–H and O–H groups in total. The van der Waals surface area contributed by atoms with Gasteiger partial charge >= 0.3 is 0 Å². The van der Waals surface area contributed by atoms with Crippen LogP contribution in [0.4, 0.5) is 5.69 Å². The summed E-state index contributed by atoms with van der Waals surface area (Å²) in [4.78, 5) is 9.01. The van der Waals surface area contributed by atoms with Crippen LogP contribution in [-0.4, -0.2) is 41.2 Å². The second-order valence-electron chi connectivity index (χ2n) is 6.68. The van der Waals surface area contributed by atoms with Gasteiger partial charge in [0.2, 0.25) is 0 Å². The molecular formula is C22H23N3O. The summed E-state index contributed by atoms with van der Waals surface area (Å²) in [6, 6.07) is 20.4. The van der Waals surface area contributed by atoms with Crippen molar-refractivity contribution < 1.29 is 5.11 Å². The van der Waals surface area contributed by atoms with Crippen LogP contribution >= 0.6 is 0 Å². The zero-order chi connectivity index (χ0) is 17.8. The highest BCUT2D eigenvalue weighted by atomic mass is 16.3. The van der Waals surface area contributed by atoms with Gasteiger partial charge in [-0.1, -0.05) is 30.3 Å². The Labute approximate surface area is 154 Å². The lowest BCUT2D eigenvalue weighted by Crippen LogP contribution is -2.45. The van der Waals surface area contributed by atoms with Gasteiger partial charge in [0.05, 0.1) is 0 Å². The number of anilines is 1. The molecule has 0 spiro atoms. The van der Waals surface area contributed by atoms with Gasteiger partial charge in [-0.2, -0.15) is 0 Å². The van der Waals surface area contributed by atoms with E-state index in [1.165, 1.54) is 5.69 Å². The van der Waals surface area contributed by atoms with Crippen molar-refractivity contribution in [2.24, 2.45) is 0 Å². The fourth-order valence-corrected chi connectivity index (χ4v) is 3.47. The van der Waals surface area contributed by atoms with Gasteiger partial charge in [0.1, 0.15) is 5.75 Å². The molecule has 0 bridgehead atoms. The molecule has 0 unspecified atom stereocenters. The Bertz CT molecular complexity index is 844. The van der Waals surface area contributed by atoms with Crippen LogP contribution < -0.4 is 4.90 Å². The number of piperazine rings is 1. The largest absolute Gasteiger partial charge is 0.508 e. The van der Waals surface area contributed by atoms with Crippen LogP contribution in [0, 0.1) is 0 Å². The Morgan fingerprint density at radius 3 is 2.38 bits per heavy atom. The minimum atomic E-state index is 0.364. The third kappa shape index (κ3) is 3.70. The molecule has 3 aromatic rings. The van der Waals surface area contributed by atoms with Crippen molar-refractivity contribution in [3.05, 3.63) is 78.6 Å². The fraction of sp³-hybridized carbons (Fsp3) is 0.227. The van der Waals surface area contributed by atoms with E-state index in [1.54, 1.807) is 12.3 Å². The first-order chi connectivity index (χ1) is 12.8. The smallest absolute Gasteiger partial charge is 0.120 e. The van der Waals surface area contributed by atoms with E-state index in [1.807, 2.05) is 24.4 Å². The minimum absolute atomic E-state index is 0.364. The molecule has 0 saturated carbocycles. The molecule has 2 heterocycles. The van der Waals surface area contributed by atoms with Crippen molar-refractivity contribution in [3.63, 3.8) is 0 Å². The summed E-state index contributed by atoms with van der Waals surface area (Å²) in [5.41, 5.74) is 4.42. The summed E-state index contributed by atoms with van der Waals surface area (Å²) in [5, 5.41) is 10.3. The summed E-state index contributed by atoms with van der Waals surface area (Å²) < 4.78 is 0. The second-order valence-corrected chi connectivity index (χ2v) is 6.68. The summed E-state index contributed by atoms with van der Waals surface area (Å²) >= 11 is 0. The maximum Gasteiger partial charge on any atom is 0.120 e. The third-order valence-electron chi connectivity index (χ3n) is 4.96. The Morgan fingerprint density at radius 2 is 1.65 bits per heavy atom. The molecular weight excluding hydrogens is 322 g/mol. The molecule has 1 fully saturated rings. The van der Waals surface area contributed by atoms with Crippen molar-refractivity contribution in [1.82, 2.24) is 9.88 Å². The third-order valence-corrected chi connectivity index (χ3v) is 4.96. The topological polar surface area (TPSA) is 39.6 Å². The van der Waals surface area contributed by atoms with Gasteiger partial charge in [0.15, 0.2) is 0 Å². The standard InChI is InChI=1S/C22H23N3O/c26-22-9-8-18(19-5-4-10-23-16-19)15-20(22)17-24-11-13-25(14-12-24)21-6-2-1-3-7-21/h1-10,15-16,26H,11-14,17H2. The van der Waals surface area contributed by atoms with E-state index in [4.69, 9.17) is 0 Å². The fourth-order valence-electron chi connectivity index (χ4n) is 3.47. The van der Waals surface area contributed by atoms with E-state index >= 15 is 0 Å². The lowest BCUT2D eigenvalue weighted by molar-refractivity contribution is 0.247. The number of aromatic nitrogens is 1. The lowest BCUT2D eigenvalue weighted by Gasteiger charge is -2.36. The molecule has 2 aromatic carbocycles. The van der Waals surface area contributed by atoms with E-state index in [9.17, 15) is 5.11 Å². The normalized spacial score (nSPS) is 15.2. The molecule has 4 rings (SSSR count). The highest BCUT2D eigenvalue weighted by Crippen LogP contribution is 2.27. The number of benzene rings is 2. The van der Waals surface area contributed by atoms with Crippen LogP contribution in [0.5, 0.6) is 5.75 Å². The summed E-state index contributed by atoms with van der Waals surface area (Å²) in [6.07, 6.45) is 3.63. The summed E-state index contributed by atoms with van der Waals surface area (Å²) in [7, 11) is 0. The molecule has 1 aliphatic rings. The van der Waals surface area contributed by atoms with Crippen molar-refractivity contribution in [2.75, 3.05) is 31.1 Å². The van der Waals surface area contributed by atoms with Crippen LogP contribution in [0.2, 0.25) is 0 Å². The van der Waals surface area contributed by atoms with Crippen LogP contribution in [-0.2, 0) is 6.54 Å². The van der Waals surface area contributed by atoms with E-state index in [2.05, 4.69) is 51.2 Å². The first-order valence-electron chi connectivity index (χ1n) is 9.04. The Balaban J connectivity index is 1.43. The Hall–Kier alpha value is -2.85. The second kappa shape index (κ2) is 7.58. The first-order valence-corrected chi connectivity index (χ1v) is 9.04. The van der Waals surface area contributed by atoms with Crippen molar-refractivity contribution in [1.29, 1.82) is 0 Å². The summed E-state index contributed by atoms with van der Waals surface area (Å²) in [5.74, 6) is 0.364. The molecule has 0 amide bonds. The number of pyridine rings is 1. The molecule has 1 saturated heterocycles. The maximum atomic E-state index is 10.3. The van der Waals surface area contributed by atoms with Gasteiger partial charge in [-0.05, 0) is 35.9 Å². The minimum Gasteiger partial charge on any atom is -0.508 e. The van der Waals surface area contributed by atoms with Crippen LogP contribution in [0.1, 0.15) is 5.56 Å². The van der Waals surface area contributed by atoms with Crippen molar-refractivity contribution >= 4 is 5.69 Å². The number of nitrogens with zero attached hydrogens (tertiary/aromatic N) is 3. The van der Waals surface area contributed by atoms with Crippen molar-refractivity contribution in [2.45, 2.75) is 6.54 Å². The highest BCUT2D eigenvalue weighted by Gasteiger charge is 2.18. The number of hydrogen-bond acceptors (Lipinski definition) is 4. The Morgan fingerprint density at radius 1 is 0.846 bits per heavy atom. The van der Waals surface area contributed by atoms with Crippen LogP contribution in [0.25, 0.3) is 11.1 Å². The highest BCUT2D eigenvalue weighted by molar-refractivity contribution is 5.64. The zero-order valence-corrected chi connectivity index (χ0v) is 14.8. The SMILES string of the molecule is Oc1ccc(-c2cccnc2)cc1CN1CCN(c2ccccc2)CC1. The summed E-state index contributed by atoms with van der Waals surface area (Å²) in [6.45, 7) is 4.76. The van der Waals surface area contributed by atoms with Crippen molar-refractivity contribution in [3.8, 4) is 16.9 Å². The monoisotopic (exact) mass is 345 g/mol. The molecule has 1 aromatic heterocycles. The lowest BCUT2D eigenvalue weighted by atomic mass is 10.0. The number of aromatic hydroxyl groups is 1. The maximum absolute atomic E-state index is 10.3. The molecule has 4 heteroatoms.